The number of halogens is 2. The summed E-state index contributed by atoms with van der Waals surface area (Å²) in [6.07, 6.45) is 5.08. The second-order valence-corrected chi connectivity index (χ2v) is 5.46. The van der Waals surface area contributed by atoms with Crippen molar-refractivity contribution >= 4 is 5.78 Å². The first-order chi connectivity index (χ1) is 9.08. The Bertz CT molecular complexity index is 447. The minimum Gasteiger partial charge on any atom is -0.330 e. The molecule has 1 aromatic carbocycles. The van der Waals surface area contributed by atoms with Crippen LogP contribution in [0.1, 0.15) is 48.9 Å². The van der Waals surface area contributed by atoms with E-state index in [1.807, 2.05) is 0 Å². The summed E-state index contributed by atoms with van der Waals surface area (Å²) in [7, 11) is 0. The highest BCUT2D eigenvalue weighted by molar-refractivity contribution is 5.97. The molecule has 2 rings (SSSR count). The molecule has 0 amide bonds. The number of rotatable bonds is 4. The van der Waals surface area contributed by atoms with E-state index in [4.69, 9.17) is 5.73 Å². The van der Waals surface area contributed by atoms with Crippen LogP contribution in [0.15, 0.2) is 18.2 Å². The molecule has 0 heterocycles. The predicted molar refractivity (Wildman–Crippen MR) is 69.9 cm³/mol. The normalized spacial score (nSPS) is 18.3. The average Bonchev–Trinajstić information content (AvgIpc) is 2.39. The zero-order chi connectivity index (χ0) is 13.9. The molecule has 2 N–H and O–H groups in total. The van der Waals surface area contributed by atoms with Crippen molar-refractivity contribution in [1.82, 2.24) is 0 Å². The smallest absolute Gasteiger partial charge is 0.169 e. The van der Waals surface area contributed by atoms with E-state index in [9.17, 15) is 13.6 Å². The van der Waals surface area contributed by atoms with Gasteiger partial charge in [-0.1, -0.05) is 25.3 Å². The third kappa shape index (κ3) is 3.00. The van der Waals surface area contributed by atoms with Crippen LogP contribution in [0, 0.1) is 17.0 Å². The van der Waals surface area contributed by atoms with E-state index < -0.39 is 23.0 Å². The molecule has 1 aliphatic carbocycles. The first kappa shape index (κ1) is 14.1. The maximum atomic E-state index is 13.6. The fourth-order valence-electron chi connectivity index (χ4n) is 2.95. The van der Waals surface area contributed by atoms with Gasteiger partial charge < -0.3 is 5.73 Å². The summed E-state index contributed by atoms with van der Waals surface area (Å²) in [4.78, 5) is 12.2. The maximum Gasteiger partial charge on any atom is 0.169 e. The minimum absolute atomic E-state index is 0.140. The molecule has 0 atom stereocenters. The Labute approximate surface area is 112 Å². The van der Waals surface area contributed by atoms with Gasteiger partial charge in [0.1, 0.15) is 11.6 Å². The third-order valence-corrected chi connectivity index (χ3v) is 4.12. The van der Waals surface area contributed by atoms with E-state index >= 15 is 0 Å². The first-order valence-corrected chi connectivity index (χ1v) is 6.75. The predicted octanol–water partition coefficient (Wildman–Crippen LogP) is 3.45. The Morgan fingerprint density at radius 2 is 1.74 bits per heavy atom. The molecule has 0 aromatic heterocycles. The van der Waals surface area contributed by atoms with Crippen molar-refractivity contribution in [1.29, 1.82) is 0 Å². The lowest BCUT2D eigenvalue weighted by Crippen LogP contribution is -2.35. The summed E-state index contributed by atoms with van der Waals surface area (Å²) in [6.45, 7) is 0.398. The quantitative estimate of drug-likeness (QED) is 0.849. The van der Waals surface area contributed by atoms with Gasteiger partial charge in [0.25, 0.3) is 0 Å². The van der Waals surface area contributed by atoms with Gasteiger partial charge in [-0.2, -0.15) is 0 Å². The monoisotopic (exact) mass is 267 g/mol. The molecule has 1 saturated carbocycles. The third-order valence-electron chi connectivity index (χ3n) is 4.12. The van der Waals surface area contributed by atoms with Crippen molar-refractivity contribution in [3.63, 3.8) is 0 Å². The second-order valence-electron chi connectivity index (χ2n) is 5.46. The van der Waals surface area contributed by atoms with E-state index in [0.717, 1.165) is 44.2 Å². The summed E-state index contributed by atoms with van der Waals surface area (Å²) >= 11 is 0. The van der Waals surface area contributed by atoms with Gasteiger partial charge in [-0.3, -0.25) is 4.79 Å². The largest absolute Gasteiger partial charge is 0.330 e. The van der Waals surface area contributed by atoms with E-state index in [1.54, 1.807) is 0 Å². The summed E-state index contributed by atoms with van der Waals surface area (Å²) in [5.74, 6) is -2.04. The van der Waals surface area contributed by atoms with Gasteiger partial charge in [0.05, 0.1) is 5.56 Å². The van der Waals surface area contributed by atoms with Gasteiger partial charge in [0, 0.05) is 6.42 Å². The second kappa shape index (κ2) is 5.78. The Balaban J connectivity index is 2.20. The highest BCUT2D eigenvalue weighted by atomic mass is 19.1. The topological polar surface area (TPSA) is 43.1 Å². The number of benzene rings is 1. The number of Topliss-reactive ketones (excluding diaryl/α,β-unsaturated/α-hetero) is 1. The molecule has 0 saturated heterocycles. The van der Waals surface area contributed by atoms with Crippen molar-refractivity contribution in [2.24, 2.45) is 11.1 Å². The van der Waals surface area contributed by atoms with Crippen molar-refractivity contribution in [3.05, 3.63) is 35.4 Å². The molecular weight excluding hydrogens is 248 g/mol. The average molecular weight is 267 g/mol. The molecule has 0 unspecified atom stereocenters. The lowest BCUT2D eigenvalue weighted by atomic mass is 9.70. The Morgan fingerprint density at radius 1 is 1.16 bits per heavy atom. The number of carbonyl (C=O) groups excluding carboxylic acids is 1. The highest BCUT2D eigenvalue weighted by Crippen LogP contribution is 2.39. The van der Waals surface area contributed by atoms with Gasteiger partial charge in [-0.25, -0.2) is 8.78 Å². The van der Waals surface area contributed by atoms with Crippen LogP contribution < -0.4 is 5.73 Å². The molecule has 0 radical (unpaired) electrons. The molecule has 2 nitrogen and oxygen atoms in total. The highest BCUT2D eigenvalue weighted by Gasteiger charge is 2.34. The summed E-state index contributed by atoms with van der Waals surface area (Å²) in [6, 6.07) is 3.50. The number of carbonyl (C=O) groups is 1. The van der Waals surface area contributed by atoms with Crippen LogP contribution in [-0.4, -0.2) is 12.3 Å². The fourth-order valence-corrected chi connectivity index (χ4v) is 2.95. The van der Waals surface area contributed by atoms with Crippen LogP contribution in [0.5, 0.6) is 0 Å². The molecule has 104 valence electrons. The van der Waals surface area contributed by atoms with Crippen LogP contribution in [0.3, 0.4) is 0 Å². The standard InChI is InChI=1S/C15H19F2NO/c16-11-5-4-6-12(17)14(11)13(19)9-15(10-18)7-2-1-3-8-15/h4-6H,1-3,7-10,18H2. The van der Waals surface area contributed by atoms with Gasteiger partial charge >= 0.3 is 0 Å². The van der Waals surface area contributed by atoms with Crippen molar-refractivity contribution < 1.29 is 13.6 Å². The fraction of sp³-hybridized carbons (Fsp3) is 0.533. The molecule has 4 heteroatoms. The number of hydrogen-bond acceptors (Lipinski definition) is 2. The maximum absolute atomic E-state index is 13.6. The molecule has 0 aliphatic heterocycles. The Morgan fingerprint density at radius 3 is 2.26 bits per heavy atom. The molecule has 1 aliphatic rings. The number of hydrogen-bond donors (Lipinski definition) is 1. The van der Waals surface area contributed by atoms with Gasteiger partial charge in [0.15, 0.2) is 5.78 Å². The van der Waals surface area contributed by atoms with E-state index in [2.05, 4.69) is 0 Å². The van der Waals surface area contributed by atoms with Gasteiger partial charge in [0.2, 0.25) is 0 Å². The zero-order valence-electron chi connectivity index (χ0n) is 10.9. The SMILES string of the molecule is NCC1(CC(=O)c2c(F)cccc2F)CCCCC1. The minimum atomic E-state index is -0.784. The molecule has 0 bridgehead atoms. The molecule has 1 fully saturated rings. The molecular formula is C15H19F2NO. The van der Waals surface area contributed by atoms with E-state index in [1.165, 1.54) is 6.07 Å². The Kier molecular flexibility index (Phi) is 4.30. The van der Waals surface area contributed by atoms with E-state index in [-0.39, 0.29) is 11.8 Å². The number of nitrogens with two attached hydrogens (primary N) is 1. The van der Waals surface area contributed by atoms with Crippen LogP contribution in [0.4, 0.5) is 8.78 Å². The van der Waals surface area contributed by atoms with Crippen LogP contribution in [0.25, 0.3) is 0 Å². The van der Waals surface area contributed by atoms with Crippen LogP contribution in [-0.2, 0) is 0 Å². The summed E-state index contributed by atoms with van der Waals surface area (Å²) in [5.41, 5.74) is 5.11. The van der Waals surface area contributed by atoms with Gasteiger partial charge in [-0.15, -0.1) is 0 Å². The number of ketones is 1. The van der Waals surface area contributed by atoms with Crippen LogP contribution in [0.2, 0.25) is 0 Å². The van der Waals surface area contributed by atoms with Crippen molar-refractivity contribution in [2.75, 3.05) is 6.54 Å². The lowest BCUT2D eigenvalue weighted by Gasteiger charge is -2.35. The van der Waals surface area contributed by atoms with E-state index in [0.29, 0.717) is 6.54 Å². The van der Waals surface area contributed by atoms with Crippen molar-refractivity contribution in [2.45, 2.75) is 38.5 Å². The van der Waals surface area contributed by atoms with Crippen molar-refractivity contribution in [3.8, 4) is 0 Å². The first-order valence-electron chi connectivity index (χ1n) is 6.75. The van der Waals surface area contributed by atoms with Gasteiger partial charge in [-0.05, 0) is 36.9 Å². The zero-order valence-corrected chi connectivity index (χ0v) is 10.9. The van der Waals surface area contributed by atoms with Crippen LogP contribution >= 0.6 is 0 Å². The summed E-state index contributed by atoms with van der Waals surface area (Å²) in [5, 5.41) is 0. The molecule has 0 spiro atoms. The Hall–Kier alpha value is -1.29. The lowest BCUT2D eigenvalue weighted by molar-refractivity contribution is 0.0859. The molecule has 1 aromatic rings. The molecule has 19 heavy (non-hydrogen) atoms. The summed E-state index contributed by atoms with van der Waals surface area (Å²) < 4.78 is 27.2.